The third-order valence-corrected chi connectivity index (χ3v) is 4.94. The van der Waals surface area contributed by atoms with Crippen molar-refractivity contribution in [1.29, 1.82) is 0 Å². The number of rotatable bonds is 3. The predicted molar refractivity (Wildman–Crippen MR) is 108 cm³/mol. The fourth-order valence-corrected chi connectivity index (χ4v) is 3.45. The Bertz CT molecular complexity index is 1130. The molecule has 1 aliphatic heterocycles. The first-order valence-corrected chi connectivity index (χ1v) is 9.28. The van der Waals surface area contributed by atoms with E-state index in [1.165, 1.54) is 6.07 Å². The van der Waals surface area contributed by atoms with Crippen molar-refractivity contribution in [2.75, 3.05) is 16.8 Å². The maximum atomic E-state index is 12.6. The van der Waals surface area contributed by atoms with Gasteiger partial charge in [0.15, 0.2) is 11.2 Å². The predicted octanol–water partition coefficient (Wildman–Crippen LogP) is 3.87. The molecule has 0 radical (unpaired) electrons. The summed E-state index contributed by atoms with van der Waals surface area (Å²) >= 11 is 0. The van der Waals surface area contributed by atoms with Crippen LogP contribution < -0.4 is 15.6 Å². The van der Waals surface area contributed by atoms with Crippen molar-refractivity contribution in [2.45, 2.75) is 26.2 Å². The number of amides is 2. The van der Waals surface area contributed by atoms with E-state index in [-0.39, 0.29) is 17.1 Å². The van der Waals surface area contributed by atoms with Crippen LogP contribution in [0.15, 0.2) is 57.7 Å². The molecule has 2 heterocycles. The lowest BCUT2D eigenvalue weighted by atomic mass is 10.1. The number of piperidine rings is 1. The molecular weight excluding hydrogens is 356 g/mol. The van der Waals surface area contributed by atoms with Crippen LogP contribution in [0.1, 0.15) is 35.4 Å². The summed E-state index contributed by atoms with van der Waals surface area (Å²) in [5, 5.41) is 3.19. The summed E-state index contributed by atoms with van der Waals surface area (Å²) in [5.74, 6) is -0.471. The molecule has 4 rings (SSSR count). The van der Waals surface area contributed by atoms with E-state index >= 15 is 0 Å². The van der Waals surface area contributed by atoms with Crippen LogP contribution in [0, 0.1) is 6.92 Å². The zero-order chi connectivity index (χ0) is 19.7. The van der Waals surface area contributed by atoms with E-state index in [0.717, 1.165) is 24.1 Å². The van der Waals surface area contributed by atoms with E-state index in [1.54, 1.807) is 41.3 Å². The van der Waals surface area contributed by atoms with Crippen molar-refractivity contribution in [3.8, 4) is 0 Å². The second kappa shape index (κ2) is 7.31. The van der Waals surface area contributed by atoms with Crippen LogP contribution in [0.2, 0.25) is 0 Å². The first-order chi connectivity index (χ1) is 13.5. The number of fused-ring (bicyclic) bond motifs is 1. The summed E-state index contributed by atoms with van der Waals surface area (Å²) in [6.45, 7) is 2.61. The Morgan fingerprint density at radius 3 is 2.71 bits per heavy atom. The molecule has 1 aliphatic rings. The average molecular weight is 376 g/mol. The highest BCUT2D eigenvalue weighted by molar-refractivity contribution is 6.03. The number of para-hydroxylation sites is 1. The summed E-state index contributed by atoms with van der Waals surface area (Å²) in [6.07, 6.45) is 2.41. The molecule has 28 heavy (non-hydrogen) atoms. The molecule has 0 saturated carbocycles. The molecule has 1 N–H and O–H groups in total. The molecule has 0 bridgehead atoms. The minimum absolute atomic E-state index is 0.0557. The molecule has 0 aliphatic carbocycles. The van der Waals surface area contributed by atoms with Crippen LogP contribution in [0.3, 0.4) is 0 Å². The Balaban J connectivity index is 1.62. The number of nitrogens with one attached hydrogen (secondary N) is 1. The van der Waals surface area contributed by atoms with Crippen molar-refractivity contribution < 1.29 is 14.0 Å². The van der Waals surface area contributed by atoms with E-state index in [0.29, 0.717) is 29.6 Å². The summed E-state index contributed by atoms with van der Waals surface area (Å²) in [5.41, 5.74) is 2.40. The minimum Gasteiger partial charge on any atom is -0.451 e. The highest BCUT2D eigenvalue weighted by Gasteiger charge is 2.22. The number of hydrogen-bond donors (Lipinski definition) is 1. The van der Waals surface area contributed by atoms with Crippen LogP contribution in [0.4, 0.5) is 11.4 Å². The summed E-state index contributed by atoms with van der Waals surface area (Å²) in [7, 11) is 0. The van der Waals surface area contributed by atoms with Gasteiger partial charge in [0.25, 0.3) is 5.91 Å². The van der Waals surface area contributed by atoms with E-state index in [1.807, 2.05) is 13.0 Å². The number of anilines is 2. The molecule has 3 aromatic rings. The van der Waals surface area contributed by atoms with Gasteiger partial charge < -0.3 is 14.6 Å². The maximum absolute atomic E-state index is 12.6. The molecule has 2 aromatic carbocycles. The molecule has 1 saturated heterocycles. The Hall–Kier alpha value is -3.41. The summed E-state index contributed by atoms with van der Waals surface area (Å²) in [6, 6.07) is 13.4. The number of hydrogen-bond acceptors (Lipinski definition) is 4. The molecule has 6 heteroatoms. The lowest BCUT2D eigenvalue weighted by Crippen LogP contribution is -2.35. The second-order valence-corrected chi connectivity index (χ2v) is 6.93. The Labute approximate surface area is 161 Å². The molecule has 142 valence electrons. The van der Waals surface area contributed by atoms with Crippen molar-refractivity contribution in [2.24, 2.45) is 0 Å². The quantitative estimate of drug-likeness (QED) is 0.752. The standard InChI is InChI=1S/C22H20N2O4/c1-14-9-10-15(12-17(14)24-11-5-4-8-21(24)26)23-22(27)20-13-18(25)16-6-2-3-7-19(16)28-20/h2-3,6-7,9-10,12-13H,4-5,8,11H2,1H3,(H,23,27). The van der Waals surface area contributed by atoms with Crippen LogP contribution in [0.5, 0.6) is 0 Å². The van der Waals surface area contributed by atoms with Gasteiger partial charge in [-0.2, -0.15) is 0 Å². The largest absolute Gasteiger partial charge is 0.451 e. The van der Waals surface area contributed by atoms with Crippen molar-refractivity contribution in [3.63, 3.8) is 0 Å². The van der Waals surface area contributed by atoms with E-state index in [9.17, 15) is 14.4 Å². The molecule has 2 amide bonds. The second-order valence-electron chi connectivity index (χ2n) is 6.93. The normalized spacial score (nSPS) is 14.3. The van der Waals surface area contributed by atoms with Gasteiger partial charge in [-0.3, -0.25) is 14.4 Å². The number of carbonyl (C=O) groups is 2. The number of aryl methyl sites for hydroxylation is 1. The van der Waals surface area contributed by atoms with Crippen molar-refractivity contribution in [1.82, 2.24) is 0 Å². The maximum Gasteiger partial charge on any atom is 0.291 e. The number of benzene rings is 2. The Morgan fingerprint density at radius 2 is 1.89 bits per heavy atom. The van der Waals surface area contributed by atoms with Gasteiger partial charge in [-0.15, -0.1) is 0 Å². The van der Waals surface area contributed by atoms with Gasteiger partial charge in [-0.05, 0) is 49.6 Å². The van der Waals surface area contributed by atoms with Crippen LogP contribution in [0.25, 0.3) is 11.0 Å². The molecule has 0 atom stereocenters. The molecule has 6 nitrogen and oxygen atoms in total. The van der Waals surface area contributed by atoms with Gasteiger partial charge in [0.05, 0.1) is 5.39 Å². The molecule has 0 spiro atoms. The lowest BCUT2D eigenvalue weighted by molar-refractivity contribution is -0.119. The summed E-state index contributed by atoms with van der Waals surface area (Å²) < 4.78 is 5.59. The van der Waals surface area contributed by atoms with Crippen LogP contribution in [-0.4, -0.2) is 18.4 Å². The zero-order valence-corrected chi connectivity index (χ0v) is 15.5. The topological polar surface area (TPSA) is 79.6 Å². The van der Waals surface area contributed by atoms with Gasteiger partial charge in [0.1, 0.15) is 5.58 Å². The smallest absolute Gasteiger partial charge is 0.291 e. The monoisotopic (exact) mass is 376 g/mol. The molecule has 1 fully saturated rings. The first-order valence-electron chi connectivity index (χ1n) is 9.28. The first kappa shape index (κ1) is 18.0. The molecule has 1 aromatic heterocycles. The van der Waals surface area contributed by atoms with E-state index in [4.69, 9.17) is 4.42 Å². The fourth-order valence-electron chi connectivity index (χ4n) is 3.45. The third kappa shape index (κ3) is 3.41. The average Bonchev–Trinajstić information content (AvgIpc) is 2.70. The van der Waals surface area contributed by atoms with Gasteiger partial charge >= 0.3 is 0 Å². The Kier molecular flexibility index (Phi) is 4.69. The molecular formula is C22H20N2O4. The highest BCUT2D eigenvalue weighted by atomic mass is 16.3. The third-order valence-electron chi connectivity index (χ3n) is 4.94. The zero-order valence-electron chi connectivity index (χ0n) is 15.5. The van der Waals surface area contributed by atoms with Crippen molar-refractivity contribution >= 4 is 34.2 Å². The van der Waals surface area contributed by atoms with Gasteiger partial charge in [-0.1, -0.05) is 18.2 Å². The number of carbonyl (C=O) groups excluding carboxylic acids is 2. The van der Waals surface area contributed by atoms with E-state index in [2.05, 4.69) is 5.32 Å². The lowest BCUT2D eigenvalue weighted by Gasteiger charge is -2.28. The number of nitrogens with zero attached hydrogens (tertiary/aromatic N) is 1. The van der Waals surface area contributed by atoms with Gasteiger partial charge in [-0.25, -0.2) is 0 Å². The van der Waals surface area contributed by atoms with E-state index < -0.39 is 5.91 Å². The molecule has 0 unspecified atom stereocenters. The SMILES string of the molecule is Cc1ccc(NC(=O)c2cc(=O)c3ccccc3o2)cc1N1CCCCC1=O. The summed E-state index contributed by atoms with van der Waals surface area (Å²) in [4.78, 5) is 38.9. The highest BCUT2D eigenvalue weighted by Crippen LogP contribution is 2.28. The van der Waals surface area contributed by atoms with Gasteiger partial charge in [0, 0.05) is 30.4 Å². The van der Waals surface area contributed by atoms with Crippen LogP contribution >= 0.6 is 0 Å². The fraction of sp³-hybridized carbons (Fsp3) is 0.227. The van der Waals surface area contributed by atoms with Gasteiger partial charge in [0.2, 0.25) is 5.91 Å². The minimum atomic E-state index is -0.511. The Morgan fingerprint density at radius 1 is 1.07 bits per heavy atom. The van der Waals surface area contributed by atoms with Crippen LogP contribution in [-0.2, 0) is 4.79 Å². The van der Waals surface area contributed by atoms with Crippen molar-refractivity contribution in [3.05, 3.63) is 70.1 Å².